The molecule has 1 aliphatic rings. The average molecular weight is 431 g/mol. The number of piperidine rings is 1. The van der Waals surface area contributed by atoms with Crippen molar-refractivity contribution in [2.24, 2.45) is 0 Å². The van der Waals surface area contributed by atoms with E-state index in [2.05, 4.69) is 10.1 Å². The molecule has 0 atom stereocenters. The number of hydrogen-bond donors (Lipinski definition) is 0. The van der Waals surface area contributed by atoms with E-state index in [0.717, 1.165) is 17.7 Å². The number of ether oxygens (including phenoxy) is 1. The van der Waals surface area contributed by atoms with Crippen LogP contribution in [0.15, 0.2) is 53.1 Å². The highest BCUT2D eigenvalue weighted by Gasteiger charge is 2.32. The van der Waals surface area contributed by atoms with Gasteiger partial charge in [-0.05, 0) is 43.2 Å². The van der Waals surface area contributed by atoms with E-state index in [1.165, 1.54) is 12.1 Å². The molecule has 0 bridgehead atoms. The normalized spacial score (nSPS) is 15.2. The number of carbonyl (C=O) groups is 1. The number of carbonyl (C=O) groups excluding carboxylic acids is 1. The van der Waals surface area contributed by atoms with Crippen LogP contribution in [0.2, 0.25) is 0 Å². The number of amides is 1. The Bertz CT molecular complexity index is 1070. The molecule has 0 unspecified atom stereocenters. The molecule has 9 heteroatoms. The number of methoxy groups -OCH3 is 1. The van der Waals surface area contributed by atoms with Crippen LogP contribution in [-0.2, 0) is 6.18 Å². The van der Waals surface area contributed by atoms with Crippen molar-refractivity contribution in [1.29, 1.82) is 0 Å². The lowest BCUT2D eigenvalue weighted by molar-refractivity contribution is -0.137. The molecule has 4 rings (SSSR count). The summed E-state index contributed by atoms with van der Waals surface area (Å²) in [6, 6.07) is 11.8. The molecule has 0 N–H and O–H groups in total. The third kappa shape index (κ3) is 4.55. The van der Waals surface area contributed by atoms with Crippen molar-refractivity contribution >= 4 is 5.91 Å². The van der Waals surface area contributed by atoms with Crippen LogP contribution < -0.4 is 4.74 Å². The number of hydrogen-bond acceptors (Lipinski definition) is 5. The molecule has 3 aromatic rings. The minimum Gasteiger partial charge on any atom is -0.497 e. The highest BCUT2D eigenvalue weighted by Crippen LogP contribution is 2.32. The SMILES string of the molecule is COc1cccc(-c2noc(C3CCN(C(=O)c4cccc(C(F)(F)F)c4)CC3)n2)c1. The first-order valence-corrected chi connectivity index (χ1v) is 9.79. The largest absolute Gasteiger partial charge is 0.497 e. The number of benzene rings is 2. The molecule has 6 nitrogen and oxygen atoms in total. The van der Waals surface area contributed by atoms with Crippen LogP contribution in [0.4, 0.5) is 13.2 Å². The number of alkyl halides is 3. The molecule has 0 spiro atoms. The minimum absolute atomic E-state index is 0.0163. The van der Waals surface area contributed by atoms with E-state index in [1.807, 2.05) is 24.3 Å². The number of likely N-dealkylation sites (tertiary alicyclic amines) is 1. The van der Waals surface area contributed by atoms with Crippen LogP contribution in [-0.4, -0.2) is 41.1 Å². The molecular formula is C22H20F3N3O3. The quantitative estimate of drug-likeness (QED) is 0.595. The minimum atomic E-state index is -4.48. The summed E-state index contributed by atoms with van der Waals surface area (Å²) in [5, 5.41) is 4.04. The zero-order chi connectivity index (χ0) is 22.0. The van der Waals surface area contributed by atoms with Gasteiger partial charge in [-0.1, -0.05) is 23.4 Å². The predicted octanol–water partition coefficient (Wildman–Crippen LogP) is 4.78. The summed E-state index contributed by atoms with van der Waals surface area (Å²) >= 11 is 0. The zero-order valence-corrected chi connectivity index (χ0v) is 16.7. The van der Waals surface area contributed by atoms with Gasteiger partial charge in [0.1, 0.15) is 5.75 Å². The molecule has 1 amide bonds. The second-order valence-electron chi connectivity index (χ2n) is 7.33. The van der Waals surface area contributed by atoms with Gasteiger partial charge in [0.25, 0.3) is 5.91 Å². The molecule has 2 heterocycles. The molecule has 1 aromatic heterocycles. The van der Waals surface area contributed by atoms with E-state index in [-0.39, 0.29) is 11.5 Å². The molecule has 0 aliphatic carbocycles. The second-order valence-corrected chi connectivity index (χ2v) is 7.33. The predicted molar refractivity (Wildman–Crippen MR) is 106 cm³/mol. The van der Waals surface area contributed by atoms with Gasteiger partial charge >= 0.3 is 6.18 Å². The fourth-order valence-corrected chi connectivity index (χ4v) is 3.62. The van der Waals surface area contributed by atoms with Crippen molar-refractivity contribution in [3.05, 3.63) is 65.5 Å². The van der Waals surface area contributed by atoms with Gasteiger partial charge in [-0.3, -0.25) is 4.79 Å². The van der Waals surface area contributed by atoms with Crippen LogP contribution >= 0.6 is 0 Å². The third-order valence-electron chi connectivity index (χ3n) is 5.34. The van der Waals surface area contributed by atoms with E-state index >= 15 is 0 Å². The van der Waals surface area contributed by atoms with Crippen LogP contribution in [0.1, 0.15) is 40.6 Å². The van der Waals surface area contributed by atoms with Crippen LogP contribution in [0.3, 0.4) is 0 Å². The molecular weight excluding hydrogens is 411 g/mol. The highest BCUT2D eigenvalue weighted by molar-refractivity contribution is 5.94. The van der Waals surface area contributed by atoms with E-state index < -0.39 is 17.6 Å². The Morgan fingerprint density at radius 3 is 2.58 bits per heavy atom. The maximum absolute atomic E-state index is 12.9. The standard InChI is InChI=1S/C22H20F3N3O3/c1-30-18-7-3-4-15(13-18)19-26-20(31-27-19)14-8-10-28(11-9-14)21(29)16-5-2-6-17(12-16)22(23,24)25/h2-7,12-14H,8-11H2,1H3. The maximum atomic E-state index is 12.9. The van der Waals surface area contributed by atoms with Crippen molar-refractivity contribution in [3.63, 3.8) is 0 Å². The topological polar surface area (TPSA) is 68.5 Å². The lowest BCUT2D eigenvalue weighted by Crippen LogP contribution is -2.38. The molecule has 1 fully saturated rings. The van der Waals surface area contributed by atoms with Crippen molar-refractivity contribution in [2.45, 2.75) is 24.9 Å². The maximum Gasteiger partial charge on any atom is 0.416 e. The summed E-state index contributed by atoms with van der Waals surface area (Å²) in [6.45, 7) is 0.799. The monoisotopic (exact) mass is 431 g/mol. The smallest absolute Gasteiger partial charge is 0.416 e. The highest BCUT2D eigenvalue weighted by atomic mass is 19.4. The summed E-state index contributed by atoms with van der Waals surface area (Å²) in [6.07, 6.45) is -3.31. The van der Waals surface area contributed by atoms with E-state index in [4.69, 9.17) is 9.26 Å². The third-order valence-corrected chi connectivity index (χ3v) is 5.34. The summed E-state index contributed by atoms with van der Waals surface area (Å²) in [7, 11) is 1.58. The molecule has 2 aromatic carbocycles. The Morgan fingerprint density at radius 1 is 1.13 bits per heavy atom. The Hall–Kier alpha value is -3.36. The molecule has 31 heavy (non-hydrogen) atoms. The van der Waals surface area contributed by atoms with E-state index in [0.29, 0.717) is 43.4 Å². The van der Waals surface area contributed by atoms with Crippen LogP contribution in [0.5, 0.6) is 5.75 Å². The van der Waals surface area contributed by atoms with Crippen molar-refractivity contribution in [3.8, 4) is 17.1 Å². The Labute approximate surface area is 176 Å². The van der Waals surface area contributed by atoms with Gasteiger partial charge in [0, 0.05) is 30.1 Å². The molecule has 162 valence electrons. The van der Waals surface area contributed by atoms with Gasteiger partial charge in [-0.25, -0.2) is 0 Å². The van der Waals surface area contributed by atoms with E-state index in [9.17, 15) is 18.0 Å². The van der Waals surface area contributed by atoms with Gasteiger partial charge < -0.3 is 14.2 Å². The lowest BCUT2D eigenvalue weighted by atomic mass is 9.96. The second kappa shape index (κ2) is 8.41. The van der Waals surface area contributed by atoms with Gasteiger partial charge in [0.05, 0.1) is 12.7 Å². The van der Waals surface area contributed by atoms with Gasteiger partial charge in [-0.2, -0.15) is 18.2 Å². The fourth-order valence-electron chi connectivity index (χ4n) is 3.62. The summed E-state index contributed by atoms with van der Waals surface area (Å²) in [5.41, 5.74) is -0.0259. The van der Waals surface area contributed by atoms with Crippen molar-refractivity contribution in [1.82, 2.24) is 15.0 Å². The number of aromatic nitrogens is 2. The first-order valence-electron chi connectivity index (χ1n) is 9.79. The Kier molecular flexibility index (Phi) is 5.67. The number of halogens is 3. The average Bonchev–Trinajstić information content (AvgIpc) is 3.29. The Balaban J connectivity index is 1.41. The molecule has 1 aliphatic heterocycles. The first-order chi connectivity index (χ1) is 14.8. The Morgan fingerprint density at radius 2 is 1.87 bits per heavy atom. The van der Waals surface area contributed by atoms with Crippen molar-refractivity contribution in [2.75, 3.05) is 20.2 Å². The zero-order valence-electron chi connectivity index (χ0n) is 16.7. The molecule has 0 radical (unpaired) electrons. The van der Waals surface area contributed by atoms with Gasteiger partial charge in [0.15, 0.2) is 0 Å². The number of nitrogens with zero attached hydrogens (tertiary/aromatic N) is 3. The van der Waals surface area contributed by atoms with Crippen LogP contribution in [0.25, 0.3) is 11.4 Å². The fraction of sp³-hybridized carbons (Fsp3) is 0.318. The van der Waals surface area contributed by atoms with Crippen LogP contribution in [0, 0.1) is 0 Å². The first kappa shape index (κ1) is 20.9. The van der Waals surface area contributed by atoms with Gasteiger partial charge in [0.2, 0.25) is 11.7 Å². The molecule has 1 saturated heterocycles. The van der Waals surface area contributed by atoms with Gasteiger partial charge in [-0.15, -0.1) is 0 Å². The summed E-state index contributed by atoms with van der Waals surface area (Å²) < 4.78 is 49.4. The summed E-state index contributed by atoms with van der Waals surface area (Å²) in [5.74, 6) is 1.20. The summed E-state index contributed by atoms with van der Waals surface area (Å²) in [4.78, 5) is 18.7. The molecule has 0 saturated carbocycles. The number of rotatable bonds is 4. The van der Waals surface area contributed by atoms with Crippen molar-refractivity contribution < 1.29 is 27.2 Å². The van der Waals surface area contributed by atoms with E-state index in [1.54, 1.807) is 12.0 Å². The lowest BCUT2D eigenvalue weighted by Gasteiger charge is -2.30.